The molecule has 1 aromatic carbocycles. The molecule has 23 heavy (non-hydrogen) atoms. The van der Waals surface area contributed by atoms with Gasteiger partial charge in [0.2, 0.25) is 0 Å². The van der Waals surface area contributed by atoms with Crippen molar-refractivity contribution in [1.82, 2.24) is 10.7 Å². The Morgan fingerprint density at radius 3 is 2.43 bits per heavy atom. The molecule has 0 unspecified atom stereocenters. The van der Waals surface area contributed by atoms with Gasteiger partial charge >= 0.3 is 6.03 Å². The quantitative estimate of drug-likeness (QED) is 0.877. The number of benzene rings is 1. The standard InChI is InChI=1S/C18H26FN3O/c1-4-17(2,3)13-9-11-18(12-10-13)20-16(23)22(21-18)15-7-5-14(19)6-8-15/h5-8,13,21H,4,9-12H2,1-3H3,(H,20,23). The summed E-state index contributed by atoms with van der Waals surface area (Å²) in [4.78, 5) is 12.3. The number of halogens is 1. The smallest absolute Gasteiger partial charge is 0.317 e. The molecule has 1 aliphatic carbocycles. The van der Waals surface area contributed by atoms with Crippen LogP contribution in [0.15, 0.2) is 24.3 Å². The number of carbonyl (C=O) groups excluding carboxylic acids is 1. The van der Waals surface area contributed by atoms with Crippen LogP contribution in [0.3, 0.4) is 0 Å². The van der Waals surface area contributed by atoms with Gasteiger partial charge in [-0.25, -0.2) is 19.6 Å². The minimum atomic E-state index is -0.355. The molecule has 126 valence electrons. The Bertz CT molecular complexity index is 576. The molecule has 2 fully saturated rings. The van der Waals surface area contributed by atoms with E-state index in [1.807, 2.05) is 0 Å². The van der Waals surface area contributed by atoms with E-state index in [1.54, 1.807) is 12.1 Å². The molecule has 2 amide bonds. The first-order valence-electron chi connectivity index (χ1n) is 8.51. The number of nitrogens with one attached hydrogen (secondary N) is 2. The van der Waals surface area contributed by atoms with Crippen LogP contribution in [0.25, 0.3) is 0 Å². The van der Waals surface area contributed by atoms with E-state index in [4.69, 9.17) is 0 Å². The van der Waals surface area contributed by atoms with Crippen LogP contribution in [0.1, 0.15) is 52.9 Å². The van der Waals surface area contributed by atoms with E-state index >= 15 is 0 Å². The zero-order valence-electron chi connectivity index (χ0n) is 14.2. The molecule has 1 heterocycles. The Kier molecular flexibility index (Phi) is 4.08. The molecule has 1 aliphatic heterocycles. The van der Waals surface area contributed by atoms with E-state index in [-0.39, 0.29) is 17.5 Å². The monoisotopic (exact) mass is 319 g/mol. The number of rotatable bonds is 3. The van der Waals surface area contributed by atoms with E-state index in [1.165, 1.54) is 23.6 Å². The molecule has 0 atom stereocenters. The van der Waals surface area contributed by atoms with E-state index in [2.05, 4.69) is 31.5 Å². The van der Waals surface area contributed by atoms with Crippen LogP contribution in [0.5, 0.6) is 0 Å². The highest BCUT2D eigenvalue weighted by atomic mass is 19.1. The van der Waals surface area contributed by atoms with Crippen molar-refractivity contribution in [2.75, 3.05) is 5.01 Å². The fraction of sp³-hybridized carbons (Fsp3) is 0.611. The molecule has 1 saturated heterocycles. The van der Waals surface area contributed by atoms with Gasteiger partial charge in [-0.1, -0.05) is 27.2 Å². The lowest BCUT2D eigenvalue weighted by Crippen LogP contribution is -2.54. The summed E-state index contributed by atoms with van der Waals surface area (Å²) in [5.74, 6) is 0.391. The van der Waals surface area contributed by atoms with E-state index in [0.29, 0.717) is 17.0 Å². The highest BCUT2D eigenvalue weighted by Gasteiger charge is 2.46. The van der Waals surface area contributed by atoms with Crippen LogP contribution < -0.4 is 15.8 Å². The second kappa shape index (κ2) is 5.78. The minimum absolute atomic E-state index is 0.162. The Balaban J connectivity index is 1.69. The summed E-state index contributed by atoms with van der Waals surface area (Å²) in [6.07, 6.45) is 5.22. The van der Waals surface area contributed by atoms with E-state index in [0.717, 1.165) is 25.7 Å². The van der Waals surface area contributed by atoms with Gasteiger partial charge in [0.15, 0.2) is 0 Å². The van der Waals surface area contributed by atoms with Gasteiger partial charge in [-0.3, -0.25) is 0 Å². The maximum atomic E-state index is 13.1. The lowest BCUT2D eigenvalue weighted by atomic mass is 9.67. The van der Waals surface area contributed by atoms with Crippen molar-refractivity contribution in [3.05, 3.63) is 30.1 Å². The summed E-state index contributed by atoms with van der Waals surface area (Å²) in [5, 5.41) is 4.61. The van der Waals surface area contributed by atoms with Crippen molar-refractivity contribution >= 4 is 11.7 Å². The zero-order valence-corrected chi connectivity index (χ0v) is 14.2. The van der Waals surface area contributed by atoms with Gasteiger partial charge in [0.05, 0.1) is 5.69 Å². The van der Waals surface area contributed by atoms with Gasteiger partial charge in [0, 0.05) is 0 Å². The molecule has 1 aromatic rings. The first kappa shape index (κ1) is 16.2. The third-order valence-electron chi connectivity index (χ3n) is 5.82. The molecule has 0 aromatic heterocycles. The first-order chi connectivity index (χ1) is 10.9. The van der Waals surface area contributed by atoms with Gasteiger partial charge in [-0.2, -0.15) is 0 Å². The van der Waals surface area contributed by atoms with Crippen LogP contribution >= 0.6 is 0 Å². The van der Waals surface area contributed by atoms with Crippen LogP contribution in [-0.2, 0) is 0 Å². The van der Waals surface area contributed by atoms with Crippen LogP contribution in [0, 0.1) is 17.2 Å². The van der Waals surface area contributed by atoms with E-state index < -0.39 is 0 Å². The number of hydrogen-bond donors (Lipinski definition) is 2. The number of carbonyl (C=O) groups is 1. The molecule has 4 nitrogen and oxygen atoms in total. The summed E-state index contributed by atoms with van der Waals surface area (Å²) in [6.45, 7) is 6.92. The van der Waals surface area contributed by atoms with Crippen molar-refractivity contribution in [2.45, 2.75) is 58.5 Å². The summed E-state index contributed by atoms with van der Waals surface area (Å²) >= 11 is 0. The maximum absolute atomic E-state index is 13.1. The van der Waals surface area contributed by atoms with E-state index in [9.17, 15) is 9.18 Å². The second-order valence-corrected chi connectivity index (χ2v) is 7.55. The largest absolute Gasteiger partial charge is 0.338 e. The molecule has 0 bridgehead atoms. The SMILES string of the molecule is CCC(C)(C)C1CCC2(CC1)NC(=O)N(c1ccc(F)cc1)N2. The molecule has 0 radical (unpaired) electrons. The maximum Gasteiger partial charge on any atom is 0.338 e. The number of nitrogens with zero attached hydrogens (tertiary/aromatic N) is 1. The number of hydrogen-bond acceptors (Lipinski definition) is 2. The highest BCUT2D eigenvalue weighted by molar-refractivity contribution is 5.93. The Labute approximate surface area is 137 Å². The zero-order chi connectivity index (χ0) is 16.7. The molecule has 1 spiro atoms. The fourth-order valence-corrected chi connectivity index (χ4v) is 3.74. The number of hydrazine groups is 1. The van der Waals surface area contributed by atoms with Crippen molar-refractivity contribution in [3.8, 4) is 0 Å². The number of urea groups is 1. The van der Waals surface area contributed by atoms with Crippen molar-refractivity contribution < 1.29 is 9.18 Å². The Hall–Kier alpha value is -1.62. The number of anilines is 1. The average Bonchev–Trinajstić information content (AvgIpc) is 2.85. The predicted molar refractivity (Wildman–Crippen MR) is 89.3 cm³/mol. The minimum Gasteiger partial charge on any atom is -0.317 e. The lowest BCUT2D eigenvalue weighted by molar-refractivity contribution is 0.0985. The van der Waals surface area contributed by atoms with Gasteiger partial charge in [-0.15, -0.1) is 0 Å². The fourth-order valence-electron chi connectivity index (χ4n) is 3.74. The topological polar surface area (TPSA) is 44.4 Å². The third-order valence-corrected chi connectivity index (χ3v) is 5.82. The van der Waals surface area contributed by atoms with Gasteiger partial charge in [0.1, 0.15) is 11.5 Å². The third kappa shape index (κ3) is 3.07. The predicted octanol–water partition coefficient (Wildman–Crippen LogP) is 4.18. The van der Waals surface area contributed by atoms with Gasteiger partial charge < -0.3 is 5.32 Å². The molecule has 1 saturated carbocycles. The molecule has 3 rings (SSSR count). The summed E-state index contributed by atoms with van der Waals surface area (Å²) in [5.41, 5.74) is 3.99. The second-order valence-electron chi connectivity index (χ2n) is 7.55. The lowest BCUT2D eigenvalue weighted by Gasteiger charge is -2.43. The molecule has 2 N–H and O–H groups in total. The first-order valence-corrected chi connectivity index (χ1v) is 8.51. The van der Waals surface area contributed by atoms with Crippen molar-refractivity contribution in [1.29, 1.82) is 0 Å². The molecule has 2 aliphatic rings. The van der Waals surface area contributed by atoms with Crippen LogP contribution in [0.4, 0.5) is 14.9 Å². The Morgan fingerprint density at radius 1 is 1.26 bits per heavy atom. The van der Waals surface area contributed by atoms with Crippen LogP contribution in [0.2, 0.25) is 0 Å². The Morgan fingerprint density at radius 2 is 1.87 bits per heavy atom. The summed E-state index contributed by atoms with van der Waals surface area (Å²) in [7, 11) is 0. The summed E-state index contributed by atoms with van der Waals surface area (Å²) in [6, 6.07) is 5.82. The van der Waals surface area contributed by atoms with Crippen LogP contribution in [-0.4, -0.2) is 11.7 Å². The van der Waals surface area contributed by atoms with Gasteiger partial charge in [0.25, 0.3) is 0 Å². The average molecular weight is 319 g/mol. The number of amides is 2. The molecular weight excluding hydrogens is 293 g/mol. The molecule has 5 heteroatoms. The highest BCUT2D eigenvalue weighted by Crippen LogP contribution is 2.43. The van der Waals surface area contributed by atoms with Crippen molar-refractivity contribution in [2.24, 2.45) is 11.3 Å². The summed E-state index contributed by atoms with van der Waals surface area (Å²) < 4.78 is 13.1. The van der Waals surface area contributed by atoms with Gasteiger partial charge in [-0.05, 0) is 61.3 Å². The van der Waals surface area contributed by atoms with Crippen molar-refractivity contribution in [3.63, 3.8) is 0 Å². The normalized spacial score (nSPS) is 28.3. The molecular formula is C18H26FN3O.